The molecule has 5 nitrogen and oxygen atoms in total. The summed E-state index contributed by atoms with van der Waals surface area (Å²) in [6.45, 7) is 0.738. The summed E-state index contributed by atoms with van der Waals surface area (Å²) < 4.78 is 20.7. The molecule has 1 heterocycles. The van der Waals surface area contributed by atoms with Crippen LogP contribution in [0.2, 0.25) is 0 Å². The van der Waals surface area contributed by atoms with Crippen LogP contribution >= 0.6 is 0 Å². The molecular formula is C23H20FN3O2. The summed E-state index contributed by atoms with van der Waals surface area (Å²) >= 11 is 0. The molecule has 0 bridgehead atoms. The van der Waals surface area contributed by atoms with Crippen molar-refractivity contribution in [3.05, 3.63) is 96.1 Å². The summed E-state index contributed by atoms with van der Waals surface area (Å²) in [5.41, 5.74) is 2.76. The Balaban J connectivity index is 1.47. The number of halogens is 1. The number of hydrogen-bond donors (Lipinski definition) is 1. The van der Waals surface area contributed by atoms with Crippen LogP contribution in [0.4, 0.5) is 4.39 Å². The molecule has 29 heavy (non-hydrogen) atoms. The van der Waals surface area contributed by atoms with Crippen molar-refractivity contribution in [2.45, 2.75) is 13.1 Å². The van der Waals surface area contributed by atoms with E-state index < -0.39 is 0 Å². The van der Waals surface area contributed by atoms with Crippen molar-refractivity contribution >= 4 is 16.9 Å². The lowest BCUT2D eigenvalue weighted by Crippen LogP contribution is -2.29. The number of hydrogen-bond acceptors (Lipinski definition) is 3. The molecule has 146 valence electrons. The van der Waals surface area contributed by atoms with E-state index in [-0.39, 0.29) is 24.9 Å². The first-order chi connectivity index (χ1) is 14.2. The zero-order valence-corrected chi connectivity index (χ0v) is 15.7. The lowest BCUT2D eigenvalue weighted by atomic mass is 10.2. The molecule has 0 radical (unpaired) electrons. The van der Waals surface area contributed by atoms with E-state index in [1.807, 2.05) is 47.0 Å². The average Bonchev–Trinajstić information content (AvgIpc) is 3.10. The van der Waals surface area contributed by atoms with Gasteiger partial charge in [0, 0.05) is 6.54 Å². The maximum Gasteiger partial charge on any atom is 0.258 e. The number of carbonyl (C=O) groups is 1. The summed E-state index contributed by atoms with van der Waals surface area (Å²) in [4.78, 5) is 16.8. The van der Waals surface area contributed by atoms with Crippen molar-refractivity contribution < 1.29 is 13.9 Å². The Bertz CT molecular complexity index is 1110. The number of ether oxygens (including phenoxy) is 1. The van der Waals surface area contributed by atoms with Crippen LogP contribution in [0.25, 0.3) is 11.0 Å². The van der Waals surface area contributed by atoms with Gasteiger partial charge in [0.25, 0.3) is 5.91 Å². The molecule has 0 unspecified atom stereocenters. The van der Waals surface area contributed by atoms with E-state index in [1.54, 1.807) is 24.3 Å². The van der Waals surface area contributed by atoms with E-state index >= 15 is 0 Å². The fraction of sp³-hybridized carbons (Fsp3) is 0.130. The molecule has 3 aromatic carbocycles. The molecule has 1 amide bonds. The van der Waals surface area contributed by atoms with Crippen LogP contribution in [0.1, 0.15) is 11.4 Å². The third-order valence-electron chi connectivity index (χ3n) is 4.54. The molecule has 0 aliphatic carbocycles. The maximum atomic E-state index is 13.2. The minimum atomic E-state index is -0.268. The van der Waals surface area contributed by atoms with E-state index in [9.17, 15) is 9.18 Å². The first-order valence-corrected chi connectivity index (χ1v) is 9.32. The zero-order valence-electron chi connectivity index (χ0n) is 15.7. The molecule has 0 saturated carbocycles. The van der Waals surface area contributed by atoms with Gasteiger partial charge in [0.15, 0.2) is 6.61 Å². The highest BCUT2D eigenvalue weighted by Crippen LogP contribution is 2.18. The first kappa shape index (κ1) is 18.7. The van der Waals surface area contributed by atoms with E-state index in [4.69, 9.17) is 4.74 Å². The number of nitrogens with one attached hydrogen (secondary N) is 1. The third kappa shape index (κ3) is 4.60. The summed E-state index contributed by atoms with van der Waals surface area (Å²) in [5.74, 6) is 0.874. The van der Waals surface area contributed by atoms with Crippen LogP contribution in [0.15, 0.2) is 78.9 Å². The predicted molar refractivity (Wildman–Crippen MR) is 109 cm³/mol. The fourth-order valence-electron chi connectivity index (χ4n) is 3.10. The van der Waals surface area contributed by atoms with Crippen LogP contribution in [0, 0.1) is 5.82 Å². The molecule has 4 rings (SSSR count). The smallest absolute Gasteiger partial charge is 0.258 e. The summed E-state index contributed by atoms with van der Waals surface area (Å²) in [6, 6.07) is 23.4. The monoisotopic (exact) mass is 389 g/mol. The lowest BCUT2D eigenvalue weighted by molar-refractivity contribution is -0.123. The first-order valence-electron chi connectivity index (χ1n) is 9.32. The van der Waals surface area contributed by atoms with Gasteiger partial charge in [0.05, 0.1) is 17.6 Å². The van der Waals surface area contributed by atoms with Gasteiger partial charge in [0.2, 0.25) is 0 Å². The largest absolute Gasteiger partial charge is 0.484 e. The topological polar surface area (TPSA) is 56.1 Å². The van der Waals surface area contributed by atoms with Crippen molar-refractivity contribution in [2.75, 3.05) is 6.61 Å². The molecule has 0 aliphatic heterocycles. The summed E-state index contributed by atoms with van der Waals surface area (Å²) in [7, 11) is 0. The van der Waals surface area contributed by atoms with Crippen LogP contribution in [0.3, 0.4) is 0 Å². The second-order valence-corrected chi connectivity index (χ2v) is 6.61. The molecular weight excluding hydrogens is 369 g/mol. The van der Waals surface area contributed by atoms with Crippen LogP contribution < -0.4 is 10.1 Å². The fourth-order valence-corrected chi connectivity index (χ4v) is 3.10. The number of imidazole rings is 1. The Labute approximate surface area is 167 Å². The molecule has 4 aromatic rings. The Morgan fingerprint density at radius 1 is 0.966 bits per heavy atom. The molecule has 0 saturated heterocycles. The zero-order chi connectivity index (χ0) is 20.1. The van der Waals surface area contributed by atoms with Gasteiger partial charge in [-0.05, 0) is 42.0 Å². The number of amides is 1. The number of aromatic nitrogens is 2. The molecule has 0 fully saturated rings. The number of carbonyl (C=O) groups excluding carboxylic acids is 1. The number of nitrogens with zero attached hydrogens (tertiary/aromatic N) is 2. The van der Waals surface area contributed by atoms with Crippen LogP contribution in [-0.4, -0.2) is 22.1 Å². The molecule has 0 aliphatic rings. The van der Waals surface area contributed by atoms with Crippen LogP contribution in [-0.2, 0) is 17.9 Å². The van der Waals surface area contributed by atoms with Gasteiger partial charge in [-0.25, -0.2) is 9.37 Å². The van der Waals surface area contributed by atoms with Gasteiger partial charge < -0.3 is 14.6 Å². The standard InChI is InChI=1S/C23H20FN3O2/c24-18-12-10-17(11-13-18)15-27-21-9-5-4-8-20(21)26-22(27)14-25-23(28)16-29-19-6-2-1-3-7-19/h1-13H,14-16H2,(H,25,28). The van der Waals surface area contributed by atoms with E-state index in [0.29, 0.717) is 12.3 Å². The predicted octanol–water partition coefficient (Wildman–Crippen LogP) is 3.92. The highest BCUT2D eigenvalue weighted by Gasteiger charge is 2.12. The number of fused-ring (bicyclic) bond motifs is 1. The lowest BCUT2D eigenvalue weighted by Gasteiger charge is -2.11. The normalized spacial score (nSPS) is 10.8. The Morgan fingerprint density at radius 3 is 2.48 bits per heavy atom. The SMILES string of the molecule is O=C(COc1ccccc1)NCc1nc2ccccc2n1Cc1ccc(F)cc1. The minimum absolute atomic E-state index is 0.0673. The van der Waals surface area contributed by atoms with E-state index in [1.165, 1.54) is 12.1 Å². The number of rotatable bonds is 7. The van der Waals surface area contributed by atoms with Crippen molar-refractivity contribution in [3.63, 3.8) is 0 Å². The van der Waals surface area contributed by atoms with E-state index in [0.717, 1.165) is 22.4 Å². The molecule has 0 spiro atoms. The molecule has 0 atom stereocenters. The Kier molecular flexibility index (Phi) is 5.52. The van der Waals surface area contributed by atoms with Gasteiger partial charge in [-0.3, -0.25) is 4.79 Å². The summed E-state index contributed by atoms with van der Waals surface area (Å²) in [5, 5.41) is 2.86. The molecule has 1 N–H and O–H groups in total. The van der Waals surface area contributed by atoms with Crippen molar-refractivity contribution in [1.29, 1.82) is 0 Å². The molecule has 6 heteroatoms. The Morgan fingerprint density at radius 2 is 1.69 bits per heavy atom. The van der Waals surface area contributed by atoms with Crippen molar-refractivity contribution in [3.8, 4) is 5.75 Å². The van der Waals surface area contributed by atoms with E-state index in [2.05, 4.69) is 10.3 Å². The van der Waals surface area contributed by atoms with Crippen LogP contribution in [0.5, 0.6) is 5.75 Å². The van der Waals surface area contributed by atoms with Gasteiger partial charge in [-0.1, -0.05) is 42.5 Å². The second kappa shape index (κ2) is 8.56. The summed E-state index contributed by atoms with van der Waals surface area (Å²) in [6.07, 6.45) is 0. The number of para-hydroxylation sites is 3. The average molecular weight is 389 g/mol. The van der Waals surface area contributed by atoms with Gasteiger partial charge in [-0.2, -0.15) is 0 Å². The highest BCUT2D eigenvalue weighted by atomic mass is 19.1. The quantitative estimate of drug-likeness (QED) is 0.521. The van der Waals surface area contributed by atoms with Gasteiger partial charge in [0.1, 0.15) is 17.4 Å². The highest BCUT2D eigenvalue weighted by molar-refractivity contribution is 5.78. The second-order valence-electron chi connectivity index (χ2n) is 6.61. The minimum Gasteiger partial charge on any atom is -0.484 e. The van der Waals surface area contributed by atoms with Gasteiger partial charge in [-0.15, -0.1) is 0 Å². The number of benzene rings is 3. The maximum absolute atomic E-state index is 13.2. The van der Waals surface area contributed by atoms with Gasteiger partial charge >= 0.3 is 0 Å². The van der Waals surface area contributed by atoms with Crippen molar-refractivity contribution in [1.82, 2.24) is 14.9 Å². The van der Waals surface area contributed by atoms with Crippen molar-refractivity contribution in [2.24, 2.45) is 0 Å². The molecule has 1 aromatic heterocycles. The third-order valence-corrected chi connectivity index (χ3v) is 4.54. The Hall–Kier alpha value is -3.67.